The zero-order valence-corrected chi connectivity index (χ0v) is 61.3. The molecular formula is C84H143O5P. The lowest BCUT2D eigenvalue weighted by Crippen LogP contribution is -2.43. The van der Waals surface area contributed by atoms with Crippen molar-refractivity contribution in [1.82, 2.24) is 0 Å². The van der Waals surface area contributed by atoms with Crippen molar-refractivity contribution in [1.29, 1.82) is 0 Å². The van der Waals surface area contributed by atoms with E-state index in [1.807, 2.05) is 12.1 Å². The third kappa shape index (κ3) is 27.7. The van der Waals surface area contributed by atoms with Crippen LogP contribution in [0.25, 0.3) is 0 Å². The quantitative estimate of drug-likeness (QED) is 0.0335. The normalized spacial score (nSPS) is 14.1. The van der Waals surface area contributed by atoms with Crippen LogP contribution in [0.5, 0.6) is 23.0 Å². The molecule has 2 atom stereocenters. The van der Waals surface area contributed by atoms with E-state index in [9.17, 15) is 15.0 Å². The predicted octanol–water partition coefficient (Wildman–Crippen LogP) is 28.5. The number of ether oxygens (including phenoxy) is 2. The minimum atomic E-state index is -1.17. The summed E-state index contributed by atoms with van der Waals surface area (Å²) >= 11 is 0. The molecule has 0 aliphatic carbocycles. The molecule has 2 heterocycles. The van der Waals surface area contributed by atoms with Crippen molar-refractivity contribution in [3.05, 3.63) is 82.9 Å². The van der Waals surface area contributed by atoms with Crippen molar-refractivity contribution in [3.63, 3.8) is 0 Å². The fraction of sp³-hybridized carbons (Fsp3) is 0.774. The largest absolute Gasteiger partial charge is 0.508 e. The van der Waals surface area contributed by atoms with Crippen molar-refractivity contribution >= 4 is 14.6 Å². The van der Waals surface area contributed by atoms with Crippen LogP contribution >= 0.6 is 8.58 Å². The summed E-state index contributed by atoms with van der Waals surface area (Å²) in [5.74, 6) is 2.32. The smallest absolute Gasteiger partial charge is 0.340 e. The molecule has 6 heteroatoms. The first-order chi connectivity index (χ1) is 44.1. The number of esters is 1. The predicted molar refractivity (Wildman–Crippen MR) is 394 cm³/mol. The zero-order valence-electron chi connectivity index (χ0n) is 60.3. The van der Waals surface area contributed by atoms with Crippen LogP contribution in [0, 0.1) is 11.8 Å². The highest BCUT2D eigenvalue weighted by Gasteiger charge is 2.54. The molecule has 5 rings (SSSR count). The van der Waals surface area contributed by atoms with Crippen LogP contribution < -0.4 is 4.74 Å². The molecule has 0 radical (unpaired) electrons. The molecule has 2 N–H and O–H groups in total. The maximum absolute atomic E-state index is 12.5. The monoisotopic (exact) mass is 1260 g/mol. The van der Waals surface area contributed by atoms with E-state index in [1.165, 1.54) is 315 Å². The molecule has 0 saturated heterocycles. The van der Waals surface area contributed by atoms with Gasteiger partial charge in [0.2, 0.25) is 0 Å². The Morgan fingerprint density at radius 1 is 0.356 bits per heavy atom. The van der Waals surface area contributed by atoms with Gasteiger partial charge in [0, 0.05) is 28.8 Å². The van der Waals surface area contributed by atoms with Crippen molar-refractivity contribution in [2.24, 2.45) is 11.8 Å². The summed E-state index contributed by atoms with van der Waals surface area (Å²) < 4.78 is 11.8. The van der Waals surface area contributed by atoms with Gasteiger partial charge in [-0.05, 0) is 104 Å². The molecule has 0 aromatic heterocycles. The second-order valence-corrected chi connectivity index (χ2v) is 31.0. The molecule has 2 aliphatic heterocycles. The fourth-order valence-corrected chi connectivity index (χ4v) is 19.1. The summed E-state index contributed by atoms with van der Waals surface area (Å²) in [5, 5.41) is 20.8. The molecule has 5 nitrogen and oxygen atoms in total. The molecule has 2 unspecified atom stereocenters. The molecule has 1 spiro atoms. The van der Waals surface area contributed by atoms with Crippen LogP contribution in [0.4, 0.5) is 0 Å². The van der Waals surface area contributed by atoms with E-state index in [0.29, 0.717) is 44.1 Å². The van der Waals surface area contributed by atoms with Crippen LogP contribution in [0.1, 0.15) is 416 Å². The standard InChI is InChI=1S/C64H131P.C20H12O5/c1-9-17-25-33-35-37-39-41-43-47-55-61(53-45-27-19-11-3)63(57-49-29-21-13-5,58-50-30-22-14-6)65-64(59-51-31-23-15-7,60-52-32-24-16-8)62(54-46-28-20-12-4)56-48-44-42-40-38-36-34-26-18-10-2;21-11-5-7-15-17(9-11)24-18-10-12(22)6-8-16(18)20(15)14-4-2-1-3-13(14)19(23)25-20/h61-62,65H,9-60H2,1-8H3;1-10,21-22H. The minimum absolute atomic E-state index is 0.0371. The van der Waals surface area contributed by atoms with Gasteiger partial charge in [-0.25, -0.2) is 4.79 Å². The Labute approximate surface area is 559 Å². The Balaban J connectivity index is 0.000000559. The van der Waals surface area contributed by atoms with Crippen molar-refractivity contribution in [2.45, 2.75) is 405 Å². The minimum Gasteiger partial charge on any atom is -0.508 e. The van der Waals surface area contributed by atoms with Crippen LogP contribution in [0.15, 0.2) is 60.7 Å². The Morgan fingerprint density at radius 2 is 0.633 bits per heavy atom. The summed E-state index contributed by atoms with van der Waals surface area (Å²) in [4.78, 5) is 12.5. The van der Waals surface area contributed by atoms with E-state index in [-0.39, 0.29) is 11.5 Å². The second kappa shape index (κ2) is 48.6. The van der Waals surface area contributed by atoms with E-state index >= 15 is 0 Å². The van der Waals surface area contributed by atoms with Crippen molar-refractivity contribution < 1.29 is 24.5 Å². The lowest BCUT2D eigenvalue weighted by molar-refractivity contribution is 0.0224. The Morgan fingerprint density at radius 3 is 0.956 bits per heavy atom. The van der Waals surface area contributed by atoms with Crippen LogP contribution in [-0.2, 0) is 10.3 Å². The zero-order chi connectivity index (χ0) is 64.8. The molecule has 0 saturated carbocycles. The number of carbonyl (C=O) groups is 1. The lowest BCUT2D eigenvalue weighted by atomic mass is 9.75. The van der Waals surface area contributed by atoms with Gasteiger partial charge >= 0.3 is 5.97 Å². The van der Waals surface area contributed by atoms with Crippen LogP contribution in [0.3, 0.4) is 0 Å². The first-order valence-corrected chi connectivity index (χ1v) is 40.6. The SMILES string of the molecule is CCCCCCCCCCCCC(CCCCCC)C(CCCCCC)(CCCCCC)PC(CCCCCC)(CCCCCC)C(CCCCCC)CCCCCCCCCCCC.O=C1OC2(c3ccc(O)cc3Oc3cc(O)ccc32)c2ccccc21. The molecular weight excluding hydrogens is 1120 g/mol. The molecule has 0 bridgehead atoms. The number of benzene rings is 3. The fourth-order valence-electron chi connectivity index (χ4n) is 15.9. The van der Waals surface area contributed by atoms with Gasteiger partial charge in [-0.3, -0.25) is 0 Å². The number of phenols is 2. The number of rotatable bonds is 56. The van der Waals surface area contributed by atoms with Gasteiger partial charge in [-0.1, -0.05) is 356 Å². The highest BCUT2D eigenvalue weighted by atomic mass is 31.1. The third-order valence-electron chi connectivity index (χ3n) is 21.3. The first-order valence-electron chi connectivity index (χ1n) is 39.6. The summed E-state index contributed by atoms with van der Waals surface area (Å²) in [6, 6.07) is 16.6. The lowest BCUT2D eigenvalue weighted by Gasteiger charge is -2.52. The topological polar surface area (TPSA) is 76.0 Å². The number of carbonyl (C=O) groups excluding carboxylic acids is 1. The van der Waals surface area contributed by atoms with Crippen molar-refractivity contribution in [2.75, 3.05) is 0 Å². The molecule has 514 valence electrons. The van der Waals surface area contributed by atoms with Gasteiger partial charge < -0.3 is 19.7 Å². The Bertz CT molecular complexity index is 2110. The van der Waals surface area contributed by atoms with E-state index < -0.39 is 11.6 Å². The van der Waals surface area contributed by atoms with Crippen LogP contribution in [-0.4, -0.2) is 26.5 Å². The number of aromatic hydroxyl groups is 2. The average molecular weight is 1260 g/mol. The van der Waals surface area contributed by atoms with Gasteiger partial charge in [0.15, 0.2) is 5.60 Å². The second-order valence-electron chi connectivity index (χ2n) is 28.8. The number of fused-ring (bicyclic) bond motifs is 6. The number of hydrogen-bond acceptors (Lipinski definition) is 5. The van der Waals surface area contributed by atoms with Gasteiger partial charge in [-0.15, -0.1) is 8.58 Å². The maximum atomic E-state index is 12.5. The van der Waals surface area contributed by atoms with E-state index in [1.54, 1.807) is 75.6 Å². The van der Waals surface area contributed by atoms with Gasteiger partial charge in [0.25, 0.3) is 0 Å². The van der Waals surface area contributed by atoms with E-state index in [0.717, 1.165) is 11.8 Å². The van der Waals surface area contributed by atoms with Gasteiger partial charge in [-0.2, -0.15) is 0 Å². The summed E-state index contributed by atoms with van der Waals surface area (Å²) in [5.41, 5.74) is 1.28. The van der Waals surface area contributed by atoms with E-state index in [2.05, 4.69) is 55.4 Å². The summed E-state index contributed by atoms with van der Waals surface area (Å²) in [6.45, 7) is 19.4. The van der Waals surface area contributed by atoms with E-state index in [4.69, 9.17) is 9.47 Å². The highest BCUT2D eigenvalue weighted by molar-refractivity contribution is 7.42. The van der Waals surface area contributed by atoms with Gasteiger partial charge in [0.05, 0.1) is 5.56 Å². The highest BCUT2D eigenvalue weighted by Crippen LogP contribution is 2.63. The van der Waals surface area contributed by atoms with Crippen molar-refractivity contribution in [3.8, 4) is 23.0 Å². The van der Waals surface area contributed by atoms with Crippen LogP contribution in [0.2, 0.25) is 0 Å². The summed E-state index contributed by atoms with van der Waals surface area (Å²) in [7, 11) is 1.21. The maximum Gasteiger partial charge on any atom is 0.340 e. The molecule has 3 aromatic carbocycles. The Kier molecular flexibility index (Phi) is 42.9. The van der Waals surface area contributed by atoms with Gasteiger partial charge in [0.1, 0.15) is 23.0 Å². The molecule has 90 heavy (non-hydrogen) atoms. The summed E-state index contributed by atoms with van der Waals surface area (Å²) in [6.07, 6.45) is 76.9. The molecule has 0 fully saturated rings. The number of hydrogen-bond donors (Lipinski definition) is 2. The molecule has 0 amide bonds. The average Bonchev–Trinajstić information content (AvgIpc) is 1.46. The Hall–Kier alpha value is -3.04. The first kappa shape index (κ1) is 79.4. The molecule has 3 aromatic rings. The molecule has 2 aliphatic rings. The third-order valence-corrected chi connectivity index (χ3v) is 24.1. The number of phenolic OH excluding ortho intramolecular Hbond substituents is 2. The number of unbranched alkanes of at least 4 members (excludes halogenated alkanes) is 36.